The van der Waals surface area contributed by atoms with Crippen molar-refractivity contribution in [2.75, 3.05) is 13.1 Å². The smallest absolute Gasteiger partial charge is 0.339 e. The van der Waals surface area contributed by atoms with Gasteiger partial charge in [0.15, 0.2) is 0 Å². The van der Waals surface area contributed by atoms with E-state index in [-0.39, 0.29) is 11.8 Å². The van der Waals surface area contributed by atoms with E-state index in [1.165, 1.54) is 0 Å². The molecular formula is C8H10F3N3O. The van der Waals surface area contributed by atoms with Crippen LogP contribution in [0.2, 0.25) is 0 Å². The van der Waals surface area contributed by atoms with Crippen molar-refractivity contribution in [3.63, 3.8) is 0 Å². The Hall–Kier alpha value is -1.11. The maximum atomic E-state index is 12.2. The number of nitrogens with one attached hydrogen (secondary N) is 1. The first-order chi connectivity index (χ1) is 7.07. The third-order valence-corrected chi connectivity index (χ3v) is 2.34. The SMILES string of the molecule is FC(F)(F)c1noc(C2CCCNC2)n1. The van der Waals surface area contributed by atoms with E-state index >= 15 is 0 Å². The number of halogens is 3. The molecule has 1 aliphatic rings. The minimum atomic E-state index is -4.52. The van der Waals surface area contributed by atoms with Crippen molar-refractivity contribution < 1.29 is 17.7 Å². The van der Waals surface area contributed by atoms with Crippen LogP contribution in [-0.4, -0.2) is 23.2 Å². The van der Waals surface area contributed by atoms with Crippen molar-refractivity contribution in [3.05, 3.63) is 11.7 Å². The lowest BCUT2D eigenvalue weighted by molar-refractivity contribution is -0.146. The zero-order chi connectivity index (χ0) is 10.9. The van der Waals surface area contributed by atoms with Gasteiger partial charge in [0, 0.05) is 6.54 Å². The predicted octanol–water partition coefficient (Wildman–Crippen LogP) is 1.56. The third-order valence-electron chi connectivity index (χ3n) is 2.34. The highest BCUT2D eigenvalue weighted by Crippen LogP contribution is 2.29. The van der Waals surface area contributed by atoms with Crippen LogP contribution in [0.15, 0.2) is 4.52 Å². The number of piperidine rings is 1. The zero-order valence-electron chi connectivity index (χ0n) is 7.84. The molecule has 0 radical (unpaired) electrons. The molecule has 7 heteroatoms. The van der Waals surface area contributed by atoms with Crippen LogP contribution in [0.3, 0.4) is 0 Å². The Balaban J connectivity index is 2.12. The Morgan fingerprint density at radius 1 is 1.40 bits per heavy atom. The fraction of sp³-hybridized carbons (Fsp3) is 0.750. The number of nitrogens with zero attached hydrogens (tertiary/aromatic N) is 2. The molecular weight excluding hydrogens is 211 g/mol. The number of aromatic nitrogens is 2. The Morgan fingerprint density at radius 2 is 2.20 bits per heavy atom. The van der Waals surface area contributed by atoms with Crippen LogP contribution in [0.4, 0.5) is 13.2 Å². The molecule has 0 aliphatic carbocycles. The number of hydrogen-bond acceptors (Lipinski definition) is 4. The van der Waals surface area contributed by atoms with E-state index in [2.05, 4.69) is 20.0 Å². The third kappa shape index (κ3) is 2.28. The summed E-state index contributed by atoms with van der Waals surface area (Å²) in [6.45, 7) is 1.48. The standard InChI is InChI=1S/C8H10F3N3O/c9-8(10,11)7-13-6(15-14-7)5-2-1-3-12-4-5/h5,12H,1-4H2. The quantitative estimate of drug-likeness (QED) is 0.781. The molecule has 1 N–H and O–H groups in total. The molecule has 1 aliphatic heterocycles. The lowest BCUT2D eigenvalue weighted by Gasteiger charge is -2.18. The summed E-state index contributed by atoms with van der Waals surface area (Å²) < 4.78 is 41.1. The van der Waals surface area contributed by atoms with Crippen molar-refractivity contribution in [2.45, 2.75) is 24.9 Å². The molecule has 1 unspecified atom stereocenters. The lowest BCUT2D eigenvalue weighted by atomic mass is 10.00. The molecule has 0 spiro atoms. The van der Waals surface area contributed by atoms with Gasteiger partial charge in [-0.3, -0.25) is 0 Å². The molecule has 1 aromatic rings. The second-order valence-corrected chi connectivity index (χ2v) is 3.50. The van der Waals surface area contributed by atoms with Crippen molar-refractivity contribution in [3.8, 4) is 0 Å². The molecule has 0 saturated carbocycles. The molecule has 84 valence electrons. The lowest BCUT2D eigenvalue weighted by Crippen LogP contribution is -2.28. The monoisotopic (exact) mass is 221 g/mol. The fourth-order valence-electron chi connectivity index (χ4n) is 1.58. The number of hydrogen-bond donors (Lipinski definition) is 1. The number of alkyl halides is 3. The average Bonchev–Trinajstić information content (AvgIpc) is 2.67. The van der Waals surface area contributed by atoms with Crippen LogP contribution >= 0.6 is 0 Å². The summed E-state index contributed by atoms with van der Waals surface area (Å²) in [7, 11) is 0. The molecule has 4 nitrogen and oxygen atoms in total. The maximum absolute atomic E-state index is 12.2. The zero-order valence-corrected chi connectivity index (χ0v) is 7.84. The van der Waals surface area contributed by atoms with Gasteiger partial charge in [-0.25, -0.2) is 0 Å². The van der Waals surface area contributed by atoms with Gasteiger partial charge in [0.05, 0.1) is 5.92 Å². The normalized spacial score (nSPS) is 23.0. The van der Waals surface area contributed by atoms with Crippen molar-refractivity contribution in [2.24, 2.45) is 0 Å². The first-order valence-corrected chi connectivity index (χ1v) is 4.69. The van der Waals surface area contributed by atoms with E-state index in [0.717, 1.165) is 19.4 Å². The summed E-state index contributed by atoms with van der Waals surface area (Å²) in [5.74, 6) is -1.21. The van der Waals surface area contributed by atoms with Gasteiger partial charge in [0.2, 0.25) is 5.89 Å². The largest absolute Gasteiger partial charge is 0.455 e. The van der Waals surface area contributed by atoms with E-state index in [0.29, 0.717) is 6.54 Å². The van der Waals surface area contributed by atoms with E-state index < -0.39 is 12.0 Å². The van der Waals surface area contributed by atoms with Gasteiger partial charge in [-0.15, -0.1) is 0 Å². The summed E-state index contributed by atoms with van der Waals surface area (Å²) in [5.41, 5.74) is 0. The van der Waals surface area contributed by atoms with Crippen LogP contribution in [0.1, 0.15) is 30.5 Å². The molecule has 1 fully saturated rings. The summed E-state index contributed by atoms with van der Waals surface area (Å²) in [6, 6.07) is 0. The Labute approximate surface area is 83.8 Å². The molecule has 1 aromatic heterocycles. The van der Waals surface area contributed by atoms with Gasteiger partial charge in [-0.2, -0.15) is 18.2 Å². The average molecular weight is 221 g/mol. The van der Waals surface area contributed by atoms with Gasteiger partial charge >= 0.3 is 6.18 Å². The molecule has 2 rings (SSSR count). The summed E-state index contributed by atoms with van der Waals surface area (Å²) in [6.07, 6.45) is -2.83. The van der Waals surface area contributed by atoms with Gasteiger partial charge in [-0.05, 0) is 19.4 Å². The first-order valence-electron chi connectivity index (χ1n) is 4.69. The highest BCUT2D eigenvalue weighted by Gasteiger charge is 2.38. The van der Waals surface area contributed by atoms with Crippen LogP contribution in [0.25, 0.3) is 0 Å². The molecule has 0 amide bonds. The van der Waals surface area contributed by atoms with Gasteiger partial charge < -0.3 is 9.84 Å². The second kappa shape index (κ2) is 3.80. The van der Waals surface area contributed by atoms with E-state index in [1.54, 1.807) is 0 Å². The number of rotatable bonds is 1. The van der Waals surface area contributed by atoms with E-state index in [9.17, 15) is 13.2 Å². The molecule has 2 heterocycles. The maximum Gasteiger partial charge on any atom is 0.455 e. The van der Waals surface area contributed by atoms with Gasteiger partial charge in [0.1, 0.15) is 0 Å². The van der Waals surface area contributed by atoms with Crippen molar-refractivity contribution in [1.29, 1.82) is 0 Å². The molecule has 0 bridgehead atoms. The van der Waals surface area contributed by atoms with Gasteiger partial charge in [0.25, 0.3) is 5.82 Å². The minimum absolute atomic E-state index is 0.0783. The van der Waals surface area contributed by atoms with E-state index in [4.69, 9.17) is 0 Å². The highest BCUT2D eigenvalue weighted by molar-refractivity contribution is 4.98. The minimum Gasteiger partial charge on any atom is -0.339 e. The van der Waals surface area contributed by atoms with Crippen LogP contribution in [-0.2, 0) is 6.18 Å². The first kappa shape index (κ1) is 10.4. The molecule has 15 heavy (non-hydrogen) atoms. The second-order valence-electron chi connectivity index (χ2n) is 3.50. The van der Waals surface area contributed by atoms with Crippen molar-refractivity contribution in [1.82, 2.24) is 15.5 Å². The Morgan fingerprint density at radius 3 is 2.73 bits per heavy atom. The topological polar surface area (TPSA) is 51.0 Å². The van der Waals surface area contributed by atoms with Crippen LogP contribution in [0, 0.1) is 0 Å². The summed E-state index contributed by atoms with van der Waals surface area (Å²) in [4.78, 5) is 3.36. The fourth-order valence-corrected chi connectivity index (χ4v) is 1.58. The molecule has 1 saturated heterocycles. The molecule has 1 atom stereocenters. The van der Waals surface area contributed by atoms with Gasteiger partial charge in [-0.1, -0.05) is 5.16 Å². The van der Waals surface area contributed by atoms with E-state index in [1.807, 2.05) is 0 Å². The Bertz CT molecular complexity index is 330. The van der Waals surface area contributed by atoms with Crippen LogP contribution < -0.4 is 5.32 Å². The predicted molar refractivity (Wildman–Crippen MR) is 44.1 cm³/mol. The Kier molecular flexibility index (Phi) is 2.64. The molecule has 0 aromatic carbocycles. The highest BCUT2D eigenvalue weighted by atomic mass is 19.4. The van der Waals surface area contributed by atoms with Crippen molar-refractivity contribution >= 4 is 0 Å². The van der Waals surface area contributed by atoms with Crippen LogP contribution in [0.5, 0.6) is 0 Å². The summed E-state index contributed by atoms with van der Waals surface area (Å²) in [5, 5.41) is 6.00. The summed E-state index contributed by atoms with van der Waals surface area (Å²) >= 11 is 0.